The molecule has 68 valence electrons. The van der Waals surface area contributed by atoms with Gasteiger partial charge in [-0.3, -0.25) is 0 Å². The van der Waals surface area contributed by atoms with Crippen molar-refractivity contribution in [3.63, 3.8) is 0 Å². The van der Waals surface area contributed by atoms with Crippen molar-refractivity contribution in [2.24, 2.45) is 5.73 Å². The van der Waals surface area contributed by atoms with Crippen LogP contribution in [0.4, 0.5) is 4.39 Å². The quantitative estimate of drug-likeness (QED) is 0.696. The SMILES string of the molecule is Cc1cc(F)cc2[nH]c(CN)nc12. The van der Waals surface area contributed by atoms with Crippen LogP contribution >= 0.6 is 0 Å². The zero-order valence-electron chi connectivity index (χ0n) is 7.26. The first-order chi connectivity index (χ1) is 6.20. The second-order valence-corrected chi connectivity index (χ2v) is 3.01. The lowest BCUT2D eigenvalue weighted by atomic mass is 10.2. The van der Waals surface area contributed by atoms with E-state index in [9.17, 15) is 4.39 Å². The molecule has 0 aliphatic rings. The second-order valence-electron chi connectivity index (χ2n) is 3.01. The van der Waals surface area contributed by atoms with Gasteiger partial charge in [-0.2, -0.15) is 0 Å². The van der Waals surface area contributed by atoms with Gasteiger partial charge in [-0.1, -0.05) is 0 Å². The summed E-state index contributed by atoms with van der Waals surface area (Å²) in [4.78, 5) is 7.18. The molecule has 4 heteroatoms. The maximum Gasteiger partial charge on any atom is 0.125 e. The third-order valence-corrected chi connectivity index (χ3v) is 1.98. The number of nitrogens with two attached hydrogens (primary N) is 1. The van der Waals surface area contributed by atoms with Gasteiger partial charge in [-0.15, -0.1) is 0 Å². The molecule has 13 heavy (non-hydrogen) atoms. The molecule has 0 aliphatic carbocycles. The Kier molecular flexibility index (Phi) is 1.77. The van der Waals surface area contributed by atoms with Crippen LogP contribution in [0.15, 0.2) is 12.1 Å². The lowest BCUT2D eigenvalue weighted by Crippen LogP contribution is -1.97. The number of nitrogens with zero attached hydrogens (tertiary/aromatic N) is 1. The van der Waals surface area contributed by atoms with Crippen LogP contribution < -0.4 is 5.73 Å². The van der Waals surface area contributed by atoms with Gasteiger partial charge < -0.3 is 10.7 Å². The zero-order chi connectivity index (χ0) is 9.42. The van der Waals surface area contributed by atoms with Crippen LogP contribution in [0.2, 0.25) is 0 Å². The number of imidazole rings is 1. The molecule has 3 nitrogen and oxygen atoms in total. The van der Waals surface area contributed by atoms with Crippen molar-refractivity contribution in [3.8, 4) is 0 Å². The standard InChI is InChI=1S/C9H10FN3/c1-5-2-6(10)3-7-9(5)13-8(4-11)12-7/h2-3H,4,11H2,1H3,(H,12,13). The highest BCUT2D eigenvalue weighted by molar-refractivity contribution is 5.78. The lowest BCUT2D eigenvalue weighted by molar-refractivity contribution is 0.628. The van der Waals surface area contributed by atoms with Gasteiger partial charge in [0.2, 0.25) is 0 Å². The molecule has 0 saturated carbocycles. The summed E-state index contributed by atoms with van der Waals surface area (Å²) in [7, 11) is 0. The number of hydrogen-bond donors (Lipinski definition) is 2. The predicted molar refractivity (Wildman–Crippen MR) is 48.7 cm³/mol. The van der Waals surface area contributed by atoms with Crippen molar-refractivity contribution in [1.82, 2.24) is 9.97 Å². The van der Waals surface area contributed by atoms with Gasteiger partial charge in [0.25, 0.3) is 0 Å². The van der Waals surface area contributed by atoms with Gasteiger partial charge in [0.15, 0.2) is 0 Å². The van der Waals surface area contributed by atoms with E-state index in [1.165, 1.54) is 12.1 Å². The first-order valence-corrected chi connectivity index (χ1v) is 4.05. The Hall–Kier alpha value is -1.42. The average Bonchev–Trinajstić information content (AvgIpc) is 2.47. The van der Waals surface area contributed by atoms with Crippen LogP contribution in [0.3, 0.4) is 0 Å². The molecule has 2 aromatic rings. The third-order valence-electron chi connectivity index (χ3n) is 1.98. The molecule has 0 atom stereocenters. The Balaban J connectivity index is 2.75. The first-order valence-electron chi connectivity index (χ1n) is 4.05. The van der Waals surface area contributed by atoms with E-state index < -0.39 is 0 Å². The summed E-state index contributed by atoms with van der Waals surface area (Å²) in [6.07, 6.45) is 0. The van der Waals surface area contributed by atoms with Gasteiger partial charge in [0.1, 0.15) is 11.6 Å². The van der Waals surface area contributed by atoms with Crippen LogP contribution in [-0.2, 0) is 6.54 Å². The Morgan fingerprint density at radius 2 is 2.31 bits per heavy atom. The molecule has 1 heterocycles. The summed E-state index contributed by atoms with van der Waals surface area (Å²) in [5.74, 6) is 0.431. The molecule has 1 aromatic carbocycles. The number of aromatic nitrogens is 2. The number of halogens is 1. The fourth-order valence-corrected chi connectivity index (χ4v) is 1.39. The van der Waals surface area contributed by atoms with Crippen molar-refractivity contribution in [2.75, 3.05) is 0 Å². The van der Waals surface area contributed by atoms with Gasteiger partial charge in [0.05, 0.1) is 17.6 Å². The summed E-state index contributed by atoms with van der Waals surface area (Å²) < 4.78 is 12.9. The van der Waals surface area contributed by atoms with E-state index >= 15 is 0 Å². The van der Waals surface area contributed by atoms with Gasteiger partial charge in [-0.05, 0) is 24.6 Å². The number of benzene rings is 1. The number of H-pyrrole nitrogens is 1. The highest BCUT2D eigenvalue weighted by Crippen LogP contribution is 2.17. The molecule has 0 saturated heterocycles. The highest BCUT2D eigenvalue weighted by Gasteiger charge is 2.05. The maximum absolute atomic E-state index is 12.9. The van der Waals surface area contributed by atoms with Crippen molar-refractivity contribution < 1.29 is 4.39 Å². The van der Waals surface area contributed by atoms with Crippen LogP contribution in [-0.4, -0.2) is 9.97 Å². The number of hydrogen-bond acceptors (Lipinski definition) is 2. The van der Waals surface area contributed by atoms with E-state index in [0.29, 0.717) is 17.9 Å². The molecule has 3 N–H and O–H groups in total. The summed E-state index contributed by atoms with van der Waals surface area (Å²) in [6.45, 7) is 2.17. The predicted octanol–water partition coefficient (Wildman–Crippen LogP) is 1.47. The number of fused-ring (bicyclic) bond motifs is 1. The topological polar surface area (TPSA) is 54.7 Å². The smallest absolute Gasteiger partial charge is 0.125 e. The molecule has 0 fully saturated rings. The van der Waals surface area contributed by atoms with E-state index in [-0.39, 0.29) is 5.82 Å². The molecule has 0 bridgehead atoms. The van der Waals surface area contributed by atoms with Crippen molar-refractivity contribution in [2.45, 2.75) is 13.5 Å². The largest absolute Gasteiger partial charge is 0.341 e. The van der Waals surface area contributed by atoms with Crippen molar-refractivity contribution in [3.05, 3.63) is 29.3 Å². The Labute approximate surface area is 74.8 Å². The van der Waals surface area contributed by atoms with E-state index in [1.54, 1.807) is 0 Å². The van der Waals surface area contributed by atoms with Gasteiger partial charge >= 0.3 is 0 Å². The molecule has 0 unspecified atom stereocenters. The normalized spacial score (nSPS) is 11.0. The minimum atomic E-state index is -0.253. The average molecular weight is 179 g/mol. The van der Waals surface area contributed by atoms with Gasteiger partial charge in [0, 0.05) is 0 Å². The van der Waals surface area contributed by atoms with Gasteiger partial charge in [-0.25, -0.2) is 9.37 Å². The van der Waals surface area contributed by atoms with Crippen LogP contribution in [0.5, 0.6) is 0 Å². The fraction of sp³-hybridized carbons (Fsp3) is 0.222. The van der Waals surface area contributed by atoms with E-state index in [1.807, 2.05) is 6.92 Å². The Morgan fingerprint density at radius 3 is 3.00 bits per heavy atom. The highest BCUT2D eigenvalue weighted by atomic mass is 19.1. The molecule has 0 spiro atoms. The first kappa shape index (κ1) is 8.19. The molecule has 0 aliphatic heterocycles. The molecule has 2 rings (SSSR count). The van der Waals surface area contributed by atoms with Crippen molar-refractivity contribution >= 4 is 11.0 Å². The summed E-state index contributed by atoms with van der Waals surface area (Å²) >= 11 is 0. The maximum atomic E-state index is 12.9. The Morgan fingerprint density at radius 1 is 1.54 bits per heavy atom. The number of aryl methyl sites for hydroxylation is 1. The molecule has 0 amide bonds. The third kappa shape index (κ3) is 1.29. The van der Waals surface area contributed by atoms with E-state index in [2.05, 4.69) is 9.97 Å². The summed E-state index contributed by atoms with van der Waals surface area (Å²) in [5.41, 5.74) is 7.74. The summed E-state index contributed by atoms with van der Waals surface area (Å²) in [5, 5.41) is 0. The zero-order valence-corrected chi connectivity index (χ0v) is 7.26. The van der Waals surface area contributed by atoms with Crippen molar-refractivity contribution in [1.29, 1.82) is 0 Å². The minimum Gasteiger partial charge on any atom is -0.341 e. The van der Waals surface area contributed by atoms with Crippen LogP contribution in [0, 0.1) is 12.7 Å². The number of aromatic amines is 1. The second kappa shape index (κ2) is 2.81. The fourth-order valence-electron chi connectivity index (χ4n) is 1.39. The lowest BCUT2D eigenvalue weighted by Gasteiger charge is -1.93. The molecular weight excluding hydrogens is 169 g/mol. The number of rotatable bonds is 1. The number of nitrogens with one attached hydrogen (secondary N) is 1. The van der Waals surface area contributed by atoms with Crippen LogP contribution in [0.25, 0.3) is 11.0 Å². The van der Waals surface area contributed by atoms with E-state index in [4.69, 9.17) is 5.73 Å². The minimum absolute atomic E-state index is 0.253. The molecular formula is C9H10FN3. The molecule has 1 aromatic heterocycles. The Bertz CT molecular complexity index is 447. The van der Waals surface area contributed by atoms with Crippen LogP contribution in [0.1, 0.15) is 11.4 Å². The molecule has 0 radical (unpaired) electrons. The summed E-state index contributed by atoms with van der Waals surface area (Å²) in [6, 6.07) is 2.89. The monoisotopic (exact) mass is 179 g/mol. The van der Waals surface area contributed by atoms with E-state index in [0.717, 1.165) is 11.1 Å².